The molecule has 4 rings (SSSR count). The highest BCUT2D eigenvalue weighted by Gasteiger charge is 2.58. The molecule has 2 heterocycles. The molecule has 2 aliphatic rings. The highest BCUT2D eigenvalue weighted by atomic mass is 32.2. The highest BCUT2D eigenvalue weighted by molar-refractivity contribution is 8.29. The van der Waals surface area contributed by atoms with Crippen LogP contribution in [0.25, 0.3) is 0 Å². The molecule has 0 aromatic heterocycles. The summed E-state index contributed by atoms with van der Waals surface area (Å²) in [6.07, 6.45) is 0. The first-order valence-electron chi connectivity index (χ1n) is 10.0. The minimum absolute atomic E-state index is 0.0920. The van der Waals surface area contributed by atoms with E-state index in [1.54, 1.807) is 24.1 Å². The Bertz CT molecular complexity index is 1200. The normalized spacial score (nSPS) is 19.8. The standard InChI is InChI=1S/C22H20N4O5S2/c1-4-31-21(28)20-23-25(17-11-8-12-18(13-17)26(29)30)22(33-20)24(16-9-6-5-7-10-16)14(2)19(32-22)15(3)27/h5-13H,4H2,1-3H3/t22-/m1/s1. The van der Waals surface area contributed by atoms with Crippen molar-refractivity contribution in [2.75, 3.05) is 16.5 Å². The van der Waals surface area contributed by atoms with E-state index in [0.29, 0.717) is 16.3 Å². The fourth-order valence-electron chi connectivity index (χ4n) is 3.61. The average Bonchev–Trinajstić information content (AvgIpc) is 3.32. The molecule has 2 aromatic rings. The highest BCUT2D eigenvalue weighted by Crippen LogP contribution is 2.60. The number of allylic oxidation sites excluding steroid dienone is 2. The van der Waals surface area contributed by atoms with Gasteiger partial charge in [0.05, 0.1) is 22.1 Å². The van der Waals surface area contributed by atoms with Crippen molar-refractivity contribution in [1.82, 2.24) is 0 Å². The summed E-state index contributed by atoms with van der Waals surface area (Å²) in [4.78, 5) is 38.6. The monoisotopic (exact) mass is 484 g/mol. The summed E-state index contributed by atoms with van der Waals surface area (Å²) in [7, 11) is 0. The molecule has 0 radical (unpaired) electrons. The van der Waals surface area contributed by atoms with Crippen LogP contribution >= 0.6 is 23.5 Å². The fraction of sp³-hybridized carbons (Fsp3) is 0.227. The maximum atomic E-state index is 12.7. The Morgan fingerprint density at radius 3 is 2.45 bits per heavy atom. The molecule has 9 nitrogen and oxygen atoms in total. The molecule has 0 saturated carbocycles. The second kappa shape index (κ2) is 8.91. The van der Waals surface area contributed by atoms with Gasteiger partial charge in [-0.25, -0.2) is 9.80 Å². The smallest absolute Gasteiger partial charge is 0.365 e. The molecular formula is C22H20N4O5S2. The van der Waals surface area contributed by atoms with Crippen LogP contribution in [0.4, 0.5) is 17.1 Å². The van der Waals surface area contributed by atoms with Crippen LogP contribution in [-0.2, 0) is 14.3 Å². The Hall–Kier alpha value is -3.31. The number of nitrogens with zero attached hydrogens (tertiary/aromatic N) is 4. The zero-order valence-corrected chi connectivity index (χ0v) is 19.7. The van der Waals surface area contributed by atoms with Crippen molar-refractivity contribution in [2.24, 2.45) is 5.10 Å². The lowest BCUT2D eigenvalue weighted by atomic mass is 10.2. The quantitative estimate of drug-likeness (QED) is 0.327. The van der Waals surface area contributed by atoms with Crippen LogP contribution in [0.1, 0.15) is 20.8 Å². The number of Topliss-reactive ketones (excluding diaryl/α,β-unsaturated/α-hetero) is 1. The predicted molar refractivity (Wildman–Crippen MR) is 130 cm³/mol. The van der Waals surface area contributed by atoms with Crippen LogP contribution in [0.15, 0.2) is 70.3 Å². The molecule has 0 amide bonds. The number of benzene rings is 2. The summed E-state index contributed by atoms with van der Waals surface area (Å²) in [5.74, 6) is -0.725. The first-order chi connectivity index (χ1) is 15.8. The second-order valence-electron chi connectivity index (χ2n) is 7.11. The molecule has 11 heteroatoms. The van der Waals surface area contributed by atoms with Gasteiger partial charge in [0.1, 0.15) is 0 Å². The number of rotatable bonds is 6. The number of hydrogen-bond acceptors (Lipinski definition) is 10. The predicted octanol–water partition coefficient (Wildman–Crippen LogP) is 4.71. The van der Waals surface area contributed by atoms with Gasteiger partial charge in [-0.1, -0.05) is 36.0 Å². The minimum Gasteiger partial charge on any atom is -0.461 e. The summed E-state index contributed by atoms with van der Waals surface area (Å²) < 4.78 is 4.05. The number of esters is 1. The molecule has 0 fully saturated rings. The zero-order chi connectivity index (χ0) is 23.8. The molecule has 33 heavy (non-hydrogen) atoms. The van der Waals surface area contributed by atoms with Gasteiger partial charge < -0.3 is 9.64 Å². The molecule has 170 valence electrons. The molecule has 0 bridgehead atoms. The van der Waals surface area contributed by atoms with Gasteiger partial charge in [-0.2, -0.15) is 5.10 Å². The van der Waals surface area contributed by atoms with E-state index in [2.05, 4.69) is 5.10 Å². The minimum atomic E-state index is -1.14. The van der Waals surface area contributed by atoms with Crippen LogP contribution in [0.2, 0.25) is 0 Å². The first kappa shape index (κ1) is 22.9. The van der Waals surface area contributed by atoms with Crippen LogP contribution in [0.5, 0.6) is 0 Å². The van der Waals surface area contributed by atoms with Gasteiger partial charge in [0.2, 0.25) is 9.37 Å². The van der Waals surface area contributed by atoms with Crippen molar-refractivity contribution in [1.29, 1.82) is 0 Å². The van der Waals surface area contributed by atoms with Crippen molar-refractivity contribution in [3.63, 3.8) is 0 Å². The number of thioether (sulfide) groups is 2. The maximum absolute atomic E-state index is 12.7. The van der Waals surface area contributed by atoms with Crippen molar-refractivity contribution in [3.8, 4) is 0 Å². The fourth-order valence-corrected chi connectivity index (χ4v) is 6.56. The molecular weight excluding hydrogens is 464 g/mol. The van der Waals surface area contributed by atoms with Crippen LogP contribution in [0.3, 0.4) is 0 Å². The number of hydrazone groups is 1. The number of para-hydroxylation sites is 1. The first-order valence-corrected chi connectivity index (χ1v) is 11.7. The lowest BCUT2D eigenvalue weighted by Gasteiger charge is -2.41. The molecule has 0 N–H and O–H groups in total. The number of nitro groups is 1. The van der Waals surface area contributed by atoms with Gasteiger partial charge in [0.25, 0.3) is 5.69 Å². The van der Waals surface area contributed by atoms with Gasteiger partial charge in [0.15, 0.2) is 5.78 Å². The van der Waals surface area contributed by atoms with E-state index in [4.69, 9.17) is 4.74 Å². The molecule has 0 aliphatic carbocycles. The summed E-state index contributed by atoms with van der Waals surface area (Å²) in [6, 6.07) is 15.4. The SMILES string of the molecule is CCOC(=O)C1=NN(c2cccc([N+](=O)[O-])c2)[C@@]2(S1)SC(C(C)=O)=C(C)N2c1ccccc1. The number of non-ortho nitro benzene ring substituents is 1. The summed E-state index contributed by atoms with van der Waals surface area (Å²) in [5, 5.41) is 17.6. The van der Waals surface area contributed by atoms with Crippen molar-refractivity contribution in [2.45, 2.75) is 25.1 Å². The summed E-state index contributed by atoms with van der Waals surface area (Å²) in [5.41, 5.74) is 1.77. The van der Waals surface area contributed by atoms with E-state index in [1.165, 1.54) is 30.8 Å². The third-order valence-electron chi connectivity index (χ3n) is 4.94. The van der Waals surface area contributed by atoms with Crippen LogP contribution in [0, 0.1) is 10.1 Å². The van der Waals surface area contributed by atoms with Gasteiger partial charge in [-0.3, -0.25) is 14.9 Å². The lowest BCUT2D eigenvalue weighted by molar-refractivity contribution is -0.384. The van der Waals surface area contributed by atoms with E-state index in [0.717, 1.165) is 17.4 Å². The maximum Gasteiger partial charge on any atom is 0.365 e. The van der Waals surface area contributed by atoms with E-state index in [-0.39, 0.29) is 23.1 Å². The number of ketones is 1. The van der Waals surface area contributed by atoms with Crippen molar-refractivity contribution < 1.29 is 19.2 Å². The third kappa shape index (κ3) is 3.98. The summed E-state index contributed by atoms with van der Waals surface area (Å²) in [6.45, 7) is 5.19. The largest absolute Gasteiger partial charge is 0.461 e. The summed E-state index contributed by atoms with van der Waals surface area (Å²) >= 11 is 2.39. The molecule has 2 aromatic carbocycles. The lowest BCUT2D eigenvalue weighted by Crippen LogP contribution is -2.49. The number of nitro benzene ring substituents is 1. The van der Waals surface area contributed by atoms with Crippen molar-refractivity contribution >= 4 is 57.4 Å². The molecule has 0 saturated heterocycles. The second-order valence-corrected chi connectivity index (χ2v) is 9.71. The molecule has 2 aliphatic heterocycles. The Balaban J connectivity index is 1.91. The van der Waals surface area contributed by atoms with Gasteiger partial charge in [0, 0.05) is 23.5 Å². The van der Waals surface area contributed by atoms with E-state index < -0.39 is 15.2 Å². The average molecular weight is 485 g/mol. The Morgan fingerprint density at radius 1 is 1.12 bits per heavy atom. The van der Waals surface area contributed by atoms with E-state index in [1.807, 2.05) is 42.2 Å². The number of hydrogen-bond donors (Lipinski definition) is 0. The Kier molecular flexibility index (Phi) is 6.17. The van der Waals surface area contributed by atoms with E-state index >= 15 is 0 Å². The van der Waals surface area contributed by atoms with Gasteiger partial charge in [-0.15, -0.1) is 0 Å². The number of carbonyl (C=O) groups excluding carboxylic acids is 2. The molecule has 1 spiro atoms. The van der Waals surface area contributed by atoms with Gasteiger partial charge in [-0.05, 0) is 50.7 Å². The Morgan fingerprint density at radius 2 is 1.82 bits per heavy atom. The van der Waals surface area contributed by atoms with E-state index in [9.17, 15) is 19.7 Å². The topological polar surface area (TPSA) is 105 Å². The van der Waals surface area contributed by atoms with Crippen molar-refractivity contribution in [3.05, 3.63) is 75.3 Å². The van der Waals surface area contributed by atoms with Crippen LogP contribution < -0.4 is 9.91 Å². The number of anilines is 2. The number of ether oxygens (including phenoxy) is 1. The molecule has 1 atom stereocenters. The van der Waals surface area contributed by atoms with Gasteiger partial charge >= 0.3 is 5.97 Å². The van der Waals surface area contributed by atoms with Crippen LogP contribution in [-0.4, -0.2) is 32.7 Å². The third-order valence-corrected chi connectivity index (χ3v) is 7.91. The zero-order valence-electron chi connectivity index (χ0n) is 18.0. The Labute approximate surface area is 198 Å². The number of carbonyl (C=O) groups is 2. The molecule has 0 unspecified atom stereocenters.